The maximum atomic E-state index is 12.6. The number of aliphatic carboxylic acids is 1. The Labute approximate surface area is 216 Å². The second kappa shape index (κ2) is 11.6. The maximum Gasteiger partial charge on any atom is 0.325 e. The lowest BCUT2D eigenvalue weighted by molar-refractivity contribution is -0.138. The predicted octanol–water partition coefficient (Wildman–Crippen LogP) is 6.24. The van der Waals surface area contributed by atoms with Crippen molar-refractivity contribution in [3.8, 4) is 0 Å². The number of carboxylic acids is 1. The van der Waals surface area contributed by atoms with Crippen LogP contribution in [0.1, 0.15) is 110 Å². The van der Waals surface area contributed by atoms with E-state index in [9.17, 15) is 14.7 Å². The molecule has 1 aliphatic rings. The molecule has 0 aliphatic heterocycles. The third kappa shape index (κ3) is 6.00. The second-order valence-electron chi connectivity index (χ2n) is 10.8. The maximum absolute atomic E-state index is 12.6. The number of nitrogens with one attached hydrogen (secondary N) is 1. The van der Waals surface area contributed by atoms with Gasteiger partial charge in [-0.2, -0.15) is 0 Å². The number of carbonyl (C=O) groups is 2. The highest BCUT2D eigenvalue weighted by atomic mass is 16.4. The molecule has 0 heterocycles. The Morgan fingerprint density at radius 2 is 1.56 bits per heavy atom. The van der Waals surface area contributed by atoms with Crippen molar-refractivity contribution in [1.29, 1.82) is 0 Å². The van der Waals surface area contributed by atoms with Crippen molar-refractivity contribution in [1.82, 2.24) is 5.32 Å². The minimum atomic E-state index is -1.06. The summed E-state index contributed by atoms with van der Waals surface area (Å²) in [6, 6.07) is 11.8. The lowest BCUT2D eigenvalue weighted by Crippen LogP contribution is -2.38. The minimum absolute atomic E-state index is 0.182. The Hall–Kier alpha value is -2.66. The number of amides is 1. The van der Waals surface area contributed by atoms with Crippen LogP contribution in [0.2, 0.25) is 0 Å². The van der Waals surface area contributed by atoms with Gasteiger partial charge in [0.1, 0.15) is 6.04 Å². The monoisotopic (exact) mass is 493 g/mol. The number of hydrogen-bond acceptors (Lipinski definition) is 3. The van der Waals surface area contributed by atoms with Gasteiger partial charge in [-0.15, -0.1) is 0 Å². The van der Waals surface area contributed by atoms with Gasteiger partial charge in [-0.05, 0) is 93.2 Å². The van der Waals surface area contributed by atoms with Crippen LogP contribution in [0, 0.1) is 13.8 Å². The second-order valence-corrected chi connectivity index (χ2v) is 10.8. The zero-order valence-corrected chi connectivity index (χ0v) is 22.6. The molecule has 2 aromatic rings. The van der Waals surface area contributed by atoms with Crippen molar-refractivity contribution in [3.05, 3.63) is 69.8 Å². The van der Waals surface area contributed by atoms with E-state index in [2.05, 4.69) is 50.4 Å². The summed E-state index contributed by atoms with van der Waals surface area (Å²) in [4.78, 5) is 23.8. The smallest absolute Gasteiger partial charge is 0.325 e. The molecule has 36 heavy (non-hydrogen) atoms. The fourth-order valence-electron chi connectivity index (χ4n) is 5.89. The SMILES string of the molecule is CCC(CC)(c1ccc(CCC2(O)CCCCC2)c(C)c1)c1ccc(C(=O)NC(C)C(=O)O)c(C)c1. The number of hydrogen-bond donors (Lipinski definition) is 3. The molecule has 1 aliphatic carbocycles. The molecular weight excluding hydrogens is 450 g/mol. The van der Waals surface area contributed by atoms with Gasteiger partial charge in [0.25, 0.3) is 5.91 Å². The molecule has 1 atom stereocenters. The number of rotatable bonds is 10. The molecule has 1 saturated carbocycles. The van der Waals surface area contributed by atoms with Gasteiger partial charge in [0.2, 0.25) is 0 Å². The molecule has 1 fully saturated rings. The number of benzene rings is 2. The first-order valence-corrected chi connectivity index (χ1v) is 13.5. The largest absolute Gasteiger partial charge is 0.480 e. The molecule has 0 spiro atoms. The van der Waals surface area contributed by atoms with Crippen LogP contribution in [0.3, 0.4) is 0 Å². The van der Waals surface area contributed by atoms with E-state index in [-0.39, 0.29) is 11.3 Å². The van der Waals surface area contributed by atoms with Gasteiger partial charge in [-0.1, -0.05) is 63.4 Å². The Morgan fingerprint density at radius 1 is 0.972 bits per heavy atom. The Morgan fingerprint density at radius 3 is 2.08 bits per heavy atom. The molecule has 2 aromatic carbocycles. The molecule has 1 unspecified atom stereocenters. The molecule has 0 bridgehead atoms. The average Bonchev–Trinajstić information content (AvgIpc) is 2.85. The third-order valence-corrected chi connectivity index (χ3v) is 8.49. The summed E-state index contributed by atoms with van der Waals surface area (Å²) in [5.41, 5.74) is 5.64. The fourth-order valence-corrected chi connectivity index (χ4v) is 5.89. The molecule has 3 N–H and O–H groups in total. The summed E-state index contributed by atoms with van der Waals surface area (Å²) in [7, 11) is 0. The number of aliphatic hydroxyl groups is 1. The van der Waals surface area contributed by atoms with Gasteiger partial charge in [0.05, 0.1) is 5.60 Å². The summed E-state index contributed by atoms with van der Waals surface area (Å²) in [5, 5.41) is 22.6. The van der Waals surface area contributed by atoms with Crippen LogP contribution in [-0.4, -0.2) is 33.7 Å². The summed E-state index contributed by atoms with van der Waals surface area (Å²) in [5.74, 6) is -1.42. The van der Waals surface area contributed by atoms with Gasteiger partial charge >= 0.3 is 5.97 Å². The average molecular weight is 494 g/mol. The molecule has 1 amide bonds. The highest BCUT2D eigenvalue weighted by molar-refractivity contribution is 5.97. The van der Waals surface area contributed by atoms with Gasteiger partial charge in [0, 0.05) is 11.0 Å². The normalized spacial score (nSPS) is 16.4. The number of carbonyl (C=O) groups excluding carboxylic acids is 1. The molecule has 0 saturated heterocycles. The van der Waals surface area contributed by atoms with Crippen molar-refractivity contribution in [2.24, 2.45) is 0 Å². The van der Waals surface area contributed by atoms with Crippen molar-refractivity contribution < 1.29 is 19.8 Å². The summed E-state index contributed by atoms with van der Waals surface area (Å²) >= 11 is 0. The lowest BCUT2D eigenvalue weighted by Gasteiger charge is -2.35. The van der Waals surface area contributed by atoms with Gasteiger partial charge in [-0.25, -0.2) is 0 Å². The number of carboxylic acid groups (broad SMARTS) is 1. The fraction of sp³-hybridized carbons (Fsp3) is 0.548. The Balaban J connectivity index is 1.85. The van der Waals surface area contributed by atoms with E-state index in [4.69, 9.17) is 5.11 Å². The first kappa shape index (κ1) is 27.9. The highest BCUT2D eigenvalue weighted by Gasteiger charge is 2.32. The van der Waals surface area contributed by atoms with Crippen LogP contribution in [0.4, 0.5) is 0 Å². The third-order valence-electron chi connectivity index (χ3n) is 8.49. The molecule has 5 nitrogen and oxygen atoms in total. The Kier molecular flexibility index (Phi) is 8.99. The first-order valence-electron chi connectivity index (χ1n) is 13.5. The standard InChI is InChI=1S/C31H43NO4/c1-6-31(7-2,26-13-14-27(22(4)20-26)28(33)32-23(5)29(34)35)25-12-11-24(21(3)19-25)15-18-30(36)16-9-8-10-17-30/h11-14,19-20,23,36H,6-10,15-18H2,1-5H3,(H,32,33)(H,34,35). The van der Waals surface area contributed by atoms with Crippen molar-refractivity contribution >= 4 is 11.9 Å². The van der Waals surface area contributed by atoms with Crippen molar-refractivity contribution in [2.45, 2.75) is 109 Å². The Bertz CT molecular complexity index is 1080. The van der Waals surface area contributed by atoms with Crippen LogP contribution in [0.15, 0.2) is 36.4 Å². The molecular formula is C31H43NO4. The van der Waals surface area contributed by atoms with E-state index in [0.717, 1.165) is 62.5 Å². The zero-order valence-electron chi connectivity index (χ0n) is 22.6. The van der Waals surface area contributed by atoms with Crippen LogP contribution in [-0.2, 0) is 16.6 Å². The van der Waals surface area contributed by atoms with Crippen LogP contribution in [0.5, 0.6) is 0 Å². The van der Waals surface area contributed by atoms with E-state index in [1.165, 1.54) is 30.0 Å². The van der Waals surface area contributed by atoms with Crippen molar-refractivity contribution in [3.63, 3.8) is 0 Å². The first-order chi connectivity index (χ1) is 17.0. The van der Waals surface area contributed by atoms with E-state index in [0.29, 0.717) is 5.56 Å². The van der Waals surface area contributed by atoms with Gasteiger partial charge < -0.3 is 15.5 Å². The summed E-state index contributed by atoms with van der Waals surface area (Å²) in [6.45, 7) is 9.95. The highest BCUT2D eigenvalue weighted by Crippen LogP contribution is 2.40. The predicted molar refractivity (Wildman–Crippen MR) is 145 cm³/mol. The van der Waals surface area contributed by atoms with E-state index < -0.39 is 17.6 Å². The van der Waals surface area contributed by atoms with Crippen LogP contribution >= 0.6 is 0 Å². The number of aryl methyl sites for hydroxylation is 3. The molecule has 0 radical (unpaired) electrons. The van der Waals surface area contributed by atoms with E-state index in [1.54, 1.807) is 0 Å². The lowest BCUT2D eigenvalue weighted by atomic mass is 9.69. The van der Waals surface area contributed by atoms with Crippen molar-refractivity contribution in [2.75, 3.05) is 0 Å². The molecule has 0 aromatic heterocycles. The van der Waals surface area contributed by atoms with E-state index in [1.807, 2.05) is 19.1 Å². The molecule has 5 heteroatoms. The van der Waals surface area contributed by atoms with E-state index >= 15 is 0 Å². The molecule has 3 rings (SSSR count). The summed E-state index contributed by atoms with van der Waals surface area (Å²) in [6.07, 6.45) is 8.88. The zero-order chi connectivity index (χ0) is 26.5. The molecule has 196 valence electrons. The summed E-state index contributed by atoms with van der Waals surface area (Å²) < 4.78 is 0. The minimum Gasteiger partial charge on any atom is -0.480 e. The van der Waals surface area contributed by atoms with Gasteiger partial charge in [0.15, 0.2) is 0 Å². The quantitative estimate of drug-likeness (QED) is 0.366. The van der Waals surface area contributed by atoms with Gasteiger partial charge in [-0.3, -0.25) is 9.59 Å². The topological polar surface area (TPSA) is 86.6 Å². The van der Waals surface area contributed by atoms with Crippen LogP contribution < -0.4 is 5.32 Å². The van der Waals surface area contributed by atoms with Crippen LogP contribution in [0.25, 0.3) is 0 Å².